The molecule has 6 nitrogen and oxygen atoms in total. The molecule has 0 radical (unpaired) electrons. The minimum absolute atomic E-state index is 0.0214. The number of halogens is 1. The van der Waals surface area contributed by atoms with Gasteiger partial charge in [-0.05, 0) is 23.9 Å². The van der Waals surface area contributed by atoms with Gasteiger partial charge in [-0.15, -0.1) is 11.3 Å². The summed E-state index contributed by atoms with van der Waals surface area (Å²) in [7, 11) is -3.84. The van der Waals surface area contributed by atoms with E-state index in [1.165, 1.54) is 23.5 Å². The standard InChI is InChI=1S/C15H15ClN2O4S2/c1-2-10(13-4-3-5-23-13)18-24(20,21)14-7-12-11(6-9(14)16)17-15(19)8-22-12/h3-7,10,18H,2,8H2,1H3,(H,17,19). The summed E-state index contributed by atoms with van der Waals surface area (Å²) in [5.41, 5.74) is 0.362. The van der Waals surface area contributed by atoms with Gasteiger partial charge in [-0.1, -0.05) is 24.6 Å². The summed E-state index contributed by atoms with van der Waals surface area (Å²) in [6.07, 6.45) is 0.606. The Kier molecular flexibility index (Phi) is 4.82. The molecule has 2 N–H and O–H groups in total. The predicted molar refractivity (Wildman–Crippen MR) is 93.2 cm³/mol. The molecule has 1 amide bonds. The van der Waals surface area contributed by atoms with Crippen LogP contribution >= 0.6 is 22.9 Å². The Labute approximate surface area is 148 Å². The molecular weight excluding hydrogens is 372 g/mol. The Bertz CT molecular complexity index is 866. The van der Waals surface area contributed by atoms with E-state index in [-0.39, 0.29) is 34.2 Å². The van der Waals surface area contributed by atoms with Gasteiger partial charge in [0, 0.05) is 10.9 Å². The van der Waals surface area contributed by atoms with Crippen molar-refractivity contribution in [2.45, 2.75) is 24.3 Å². The van der Waals surface area contributed by atoms with Crippen LogP contribution in [-0.4, -0.2) is 20.9 Å². The molecule has 0 aliphatic carbocycles. The first kappa shape index (κ1) is 17.2. The van der Waals surface area contributed by atoms with Crippen molar-refractivity contribution in [1.82, 2.24) is 4.72 Å². The summed E-state index contributed by atoms with van der Waals surface area (Å²) in [4.78, 5) is 12.2. The van der Waals surface area contributed by atoms with Crippen LogP contribution in [0.5, 0.6) is 5.75 Å². The highest BCUT2D eigenvalue weighted by molar-refractivity contribution is 7.89. The van der Waals surface area contributed by atoms with Crippen molar-refractivity contribution in [2.24, 2.45) is 0 Å². The first-order valence-corrected chi connectivity index (χ1v) is 9.96. The van der Waals surface area contributed by atoms with Gasteiger partial charge in [0.2, 0.25) is 10.0 Å². The van der Waals surface area contributed by atoms with Gasteiger partial charge in [-0.2, -0.15) is 0 Å². The molecule has 2 aromatic rings. The lowest BCUT2D eigenvalue weighted by molar-refractivity contribution is -0.118. The molecule has 2 heterocycles. The first-order valence-electron chi connectivity index (χ1n) is 7.22. The van der Waals surface area contributed by atoms with Gasteiger partial charge in [0.05, 0.1) is 16.8 Å². The highest BCUT2D eigenvalue weighted by atomic mass is 35.5. The molecule has 9 heteroatoms. The average molecular weight is 387 g/mol. The van der Waals surface area contributed by atoms with Crippen LogP contribution in [0.3, 0.4) is 0 Å². The van der Waals surface area contributed by atoms with Crippen molar-refractivity contribution in [3.8, 4) is 5.75 Å². The van der Waals surface area contributed by atoms with E-state index in [1.54, 1.807) is 0 Å². The molecule has 1 unspecified atom stereocenters. The van der Waals surface area contributed by atoms with E-state index in [2.05, 4.69) is 10.0 Å². The van der Waals surface area contributed by atoms with E-state index in [0.717, 1.165) is 4.88 Å². The van der Waals surface area contributed by atoms with Crippen LogP contribution in [0.4, 0.5) is 5.69 Å². The molecule has 1 aromatic heterocycles. The summed E-state index contributed by atoms with van der Waals surface area (Å²) in [6.45, 7) is 1.74. The number of fused-ring (bicyclic) bond motifs is 1. The molecule has 0 bridgehead atoms. The Balaban J connectivity index is 1.93. The highest BCUT2D eigenvalue weighted by Crippen LogP contribution is 2.36. The third-order valence-corrected chi connectivity index (χ3v) is 6.47. The second kappa shape index (κ2) is 6.72. The molecule has 1 aromatic carbocycles. The van der Waals surface area contributed by atoms with Gasteiger partial charge in [0.15, 0.2) is 6.61 Å². The molecule has 24 heavy (non-hydrogen) atoms. The lowest BCUT2D eigenvalue weighted by atomic mass is 10.2. The van der Waals surface area contributed by atoms with Crippen LogP contribution in [0.25, 0.3) is 0 Å². The van der Waals surface area contributed by atoms with Crippen LogP contribution in [0.2, 0.25) is 5.02 Å². The number of rotatable bonds is 5. The number of carbonyl (C=O) groups excluding carboxylic acids is 1. The summed E-state index contributed by atoms with van der Waals surface area (Å²) < 4.78 is 33.4. The number of hydrogen-bond donors (Lipinski definition) is 2. The van der Waals surface area contributed by atoms with Gasteiger partial charge in [0.1, 0.15) is 10.6 Å². The normalized spacial score (nSPS) is 15.3. The minimum Gasteiger partial charge on any atom is -0.482 e. The fraction of sp³-hybridized carbons (Fsp3) is 0.267. The SMILES string of the molecule is CCC(NS(=O)(=O)c1cc2c(cc1Cl)NC(=O)CO2)c1cccs1. The third kappa shape index (κ3) is 3.41. The summed E-state index contributed by atoms with van der Waals surface area (Å²) in [6, 6.07) is 6.14. The smallest absolute Gasteiger partial charge is 0.262 e. The van der Waals surface area contributed by atoms with E-state index in [0.29, 0.717) is 12.1 Å². The number of thiophene rings is 1. The van der Waals surface area contributed by atoms with Crippen LogP contribution < -0.4 is 14.8 Å². The Hall–Kier alpha value is -1.61. The number of amides is 1. The number of benzene rings is 1. The fourth-order valence-corrected chi connectivity index (χ4v) is 5.15. The van der Waals surface area contributed by atoms with Crippen LogP contribution in [-0.2, 0) is 14.8 Å². The summed E-state index contributed by atoms with van der Waals surface area (Å²) >= 11 is 7.61. The van der Waals surface area contributed by atoms with Gasteiger partial charge in [0.25, 0.3) is 5.91 Å². The van der Waals surface area contributed by atoms with Crippen molar-refractivity contribution in [1.29, 1.82) is 0 Å². The molecule has 0 spiro atoms. The van der Waals surface area contributed by atoms with Crippen molar-refractivity contribution in [3.05, 3.63) is 39.5 Å². The Morgan fingerprint density at radius 2 is 2.25 bits per heavy atom. The van der Waals surface area contributed by atoms with Crippen molar-refractivity contribution in [2.75, 3.05) is 11.9 Å². The summed E-state index contributed by atoms with van der Waals surface area (Å²) in [5.74, 6) is -0.0282. The van der Waals surface area contributed by atoms with Gasteiger partial charge in [-0.25, -0.2) is 13.1 Å². The number of carbonyl (C=O) groups is 1. The van der Waals surface area contributed by atoms with E-state index in [4.69, 9.17) is 16.3 Å². The lowest BCUT2D eigenvalue weighted by Gasteiger charge is -2.21. The maximum absolute atomic E-state index is 12.7. The number of ether oxygens (including phenoxy) is 1. The van der Waals surface area contributed by atoms with E-state index in [9.17, 15) is 13.2 Å². The van der Waals surface area contributed by atoms with E-state index < -0.39 is 10.0 Å². The second-order valence-electron chi connectivity index (χ2n) is 5.21. The lowest BCUT2D eigenvalue weighted by Crippen LogP contribution is -2.29. The average Bonchev–Trinajstić information content (AvgIpc) is 3.06. The molecule has 3 rings (SSSR count). The van der Waals surface area contributed by atoms with Crippen LogP contribution in [0, 0.1) is 0 Å². The molecule has 1 atom stereocenters. The maximum atomic E-state index is 12.7. The topological polar surface area (TPSA) is 84.5 Å². The van der Waals surface area contributed by atoms with Crippen molar-refractivity contribution < 1.29 is 17.9 Å². The van der Waals surface area contributed by atoms with E-state index >= 15 is 0 Å². The molecule has 128 valence electrons. The monoisotopic (exact) mass is 386 g/mol. The maximum Gasteiger partial charge on any atom is 0.262 e. The molecule has 0 fully saturated rings. The zero-order valence-corrected chi connectivity index (χ0v) is 15.1. The van der Waals surface area contributed by atoms with Gasteiger partial charge < -0.3 is 10.1 Å². The number of hydrogen-bond acceptors (Lipinski definition) is 5. The highest BCUT2D eigenvalue weighted by Gasteiger charge is 2.27. The van der Waals surface area contributed by atoms with Crippen LogP contribution in [0.1, 0.15) is 24.3 Å². The van der Waals surface area contributed by atoms with Gasteiger partial charge >= 0.3 is 0 Å². The Morgan fingerprint density at radius 3 is 2.92 bits per heavy atom. The van der Waals surface area contributed by atoms with Crippen molar-refractivity contribution >= 4 is 44.6 Å². The molecular formula is C15H15ClN2O4S2. The number of nitrogens with one attached hydrogen (secondary N) is 2. The Morgan fingerprint density at radius 1 is 1.46 bits per heavy atom. The fourth-order valence-electron chi connectivity index (χ4n) is 2.37. The first-order chi connectivity index (χ1) is 11.4. The molecule has 0 saturated heterocycles. The quantitative estimate of drug-likeness (QED) is 0.826. The van der Waals surface area contributed by atoms with Crippen LogP contribution in [0.15, 0.2) is 34.5 Å². The van der Waals surface area contributed by atoms with E-state index in [1.807, 2.05) is 24.4 Å². The predicted octanol–water partition coefficient (Wildman–Crippen LogP) is 3.16. The number of anilines is 1. The van der Waals surface area contributed by atoms with Crippen molar-refractivity contribution in [3.63, 3.8) is 0 Å². The zero-order valence-electron chi connectivity index (χ0n) is 12.7. The largest absolute Gasteiger partial charge is 0.482 e. The molecule has 1 aliphatic heterocycles. The third-order valence-electron chi connectivity index (χ3n) is 3.55. The second-order valence-corrected chi connectivity index (χ2v) is 8.28. The number of sulfonamides is 1. The van der Waals surface area contributed by atoms with Gasteiger partial charge in [-0.3, -0.25) is 4.79 Å². The molecule has 0 saturated carbocycles. The molecule has 1 aliphatic rings. The minimum atomic E-state index is -3.84. The summed E-state index contributed by atoms with van der Waals surface area (Å²) in [5, 5.41) is 4.51. The zero-order chi connectivity index (χ0) is 17.3.